The van der Waals surface area contributed by atoms with Crippen LogP contribution in [0.4, 0.5) is 5.69 Å². The first-order valence-electron chi connectivity index (χ1n) is 9.65. The van der Waals surface area contributed by atoms with E-state index in [-0.39, 0.29) is 0 Å². The standard InChI is InChI=1S/C19H35N3.C2H6/c1-8-19(16(5)21-7)17-9-11-18(12-10-17)22(14(2)3)13-15(4)20-6;1-2/h9-12,14-16,19-21H,8,13H2,1-7H3;1-2H3. The van der Waals surface area contributed by atoms with Crippen LogP contribution in [0.2, 0.25) is 0 Å². The van der Waals surface area contributed by atoms with Crippen molar-refractivity contribution in [2.75, 3.05) is 25.5 Å². The van der Waals surface area contributed by atoms with Crippen molar-refractivity contribution in [1.29, 1.82) is 0 Å². The van der Waals surface area contributed by atoms with Gasteiger partial charge in [0.05, 0.1) is 0 Å². The van der Waals surface area contributed by atoms with E-state index in [1.807, 2.05) is 27.9 Å². The number of likely N-dealkylation sites (N-methyl/N-ethyl adjacent to an activating group) is 2. The van der Waals surface area contributed by atoms with Gasteiger partial charge in [0.15, 0.2) is 0 Å². The summed E-state index contributed by atoms with van der Waals surface area (Å²) >= 11 is 0. The molecule has 140 valence electrons. The van der Waals surface area contributed by atoms with E-state index >= 15 is 0 Å². The van der Waals surface area contributed by atoms with Crippen LogP contribution in [0, 0.1) is 0 Å². The summed E-state index contributed by atoms with van der Waals surface area (Å²) in [6, 6.07) is 10.6. The summed E-state index contributed by atoms with van der Waals surface area (Å²) in [4.78, 5) is 2.47. The van der Waals surface area contributed by atoms with Crippen molar-refractivity contribution in [2.45, 2.75) is 78.9 Å². The molecule has 0 radical (unpaired) electrons. The molecule has 0 aliphatic heterocycles. The molecule has 0 aromatic heterocycles. The van der Waals surface area contributed by atoms with E-state index in [1.165, 1.54) is 11.3 Å². The second-order valence-corrected chi connectivity index (χ2v) is 6.62. The lowest BCUT2D eigenvalue weighted by atomic mass is 9.90. The van der Waals surface area contributed by atoms with Crippen molar-refractivity contribution in [3.63, 3.8) is 0 Å². The van der Waals surface area contributed by atoms with E-state index in [2.05, 4.69) is 74.4 Å². The summed E-state index contributed by atoms with van der Waals surface area (Å²) in [5, 5.41) is 6.72. The number of nitrogens with one attached hydrogen (secondary N) is 2. The minimum Gasteiger partial charge on any atom is -0.368 e. The Hall–Kier alpha value is -1.06. The zero-order chi connectivity index (χ0) is 18.7. The largest absolute Gasteiger partial charge is 0.368 e. The molecular formula is C21H41N3. The molecule has 0 fully saturated rings. The van der Waals surface area contributed by atoms with E-state index in [1.54, 1.807) is 0 Å². The van der Waals surface area contributed by atoms with Gasteiger partial charge < -0.3 is 15.5 Å². The van der Waals surface area contributed by atoms with Gasteiger partial charge in [-0.2, -0.15) is 0 Å². The molecule has 3 nitrogen and oxygen atoms in total. The van der Waals surface area contributed by atoms with E-state index in [0.29, 0.717) is 24.0 Å². The van der Waals surface area contributed by atoms with Gasteiger partial charge >= 0.3 is 0 Å². The van der Waals surface area contributed by atoms with Gasteiger partial charge in [-0.25, -0.2) is 0 Å². The molecule has 2 N–H and O–H groups in total. The number of hydrogen-bond acceptors (Lipinski definition) is 3. The number of anilines is 1. The van der Waals surface area contributed by atoms with Crippen LogP contribution in [-0.4, -0.2) is 38.8 Å². The van der Waals surface area contributed by atoms with Crippen LogP contribution < -0.4 is 15.5 Å². The molecule has 0 heterocycles. The average molecular weight is 336 g/mol. The van der Waals surface area contributed by atoms with Crippen molar-refractivity contribution in [3.8, 4) is 0 Å². The van der Waals surface area contributed by atoms with Crippen LogP contribution in [0.5, 0.6) is 0 Å². The zero-order valence-electron chi connectivity index (χ0n) is 17.5. The molecule has 0 aliphatic rings. The van der Waals surface area contributed by atoms with Crippen LogP contribution in [0.15, 0.2) is 24.3 Å². The number of rotatable bonds is 9. The highest BCUT2D eigenvalue weighted by molar-refractivity contribution is 5.49. The Labute approximate surface area is 151 Å². The van der Waals surface area contributed by atoms with Crippen LogP contribution in [0.25, 0.3) is 0 Å². The first kappa shape index (κ1) is 22.9. The Bertz CT molecular complexity index is 414. The van der Waals surface area contributed by atoms with Gasteiger partial charge in [-0.1, -0.05) is 32.9 Å². The highest BCUT2D eigenvalue weighted by atomic mass is 15.2. The first-order valence-corrected chi connectivity index (χ1v) is 9.65. The monoisotopic (exact) mass is 335 g/mol. The summed E-state index contributed by atoms with van der Waals surface area (Å²) in [5.74, 6) is 0.572. The molecule has 3 atom stereocenters. The molecule has 0 aliphatic carbocycles. The summed E-state index contributed by atoms with van der Waals surface area (Å²) < 4.78 is 0. The van der Waals surface area contributed by atoms with Crippen LogP contribution >= 0.6 is 0 Å². The fourth-order valence-corrected chi connectivity index (χ4v) is 2.99. The van der Waals surface area contributed by atoms with Gasteiger partial charge in [-0.05, 0) is 71.8 Å². The van der Waals surface area contributed by atoms with Crippen LogP contribution in [0.1, 0.15) is 66.4 Å². The fourth-order valence-electron chi connectivity index (χ4n) is 2.99. The molecule has 0 saturated carbocycles. The first-order chi connectivity index (χ1) is 11.4. The third-order valence-corrected chi connectivity index (χ3v) is 4.74. The van der Waals surface area contributed by atoms with Crippen molar-refractivity contribution < 1.29 is 0 Å². The normalized spacial score (nSPS) is 14.6. The van der Waals surface area contributed by atoms with Crippen molar-refractivity contribution >= 4 is 5.69 Å². The number of benzene rings is 1. The number of nitrogens with zero attached hydrogens (tertiary/aromatic N) is 1. The Morgan fingerprint density at radius 2 is 1.46 bits per heavy atom. The molecule has 24 heavy (non-hydrogen) atoms. The van der Waals surface area contributed by atoms with Gasteiger partial charge in [0, 0.05) is 30.4 Å². The lowest BCUT2D eigenvalue weighted by Gasteiger charge is -2.32. The fraction of sp³-hybridized carbons (Fsp3) is 0.714. The Morgan fingerprint density at radius 1 is 0.917 bits per heavy atom. The van der Waals surface area contributed by atoms with Crippen LogP contribution in [-0.2, 0) is 0 Å². The third kappa shape index (κ3) is 6.82. The molecule has 1 rings (SSSR count). The van der Waals surface area contributed by atoms with E-state index < -0.39 is 0 Å². The predicted molar refractivity (Wildman–Crippen MR) is 110 cm³/mol. The minimum atomic E-state index is 0.481. The molecule has 0 bridgehead atoms. The Balaban J connectivity index is 0.00000254. The molecule has 3 heteroatoms. The van der Waals surface area contributed by atoms with Crippen LogP contribution in [0.3, 0.4) is 0 Å². The highest BCUT2D eigenvalue weighted by Gasteiger charge is 2.17. The lowest BCUT2D eigenvalue weighted by molar-refractivity contribution is 0.483. The lowest BCUT2D eigenvalue weighted by Crippen LogP contribution is -2.41. The molecular weight excluding hydrogens is 294 g/mol. The van der Waals surface area contributed by atoms with Gasteiger partial charge in [0.1, 0.15) is 0 Å². The summed E-state index contributed by atoms with van der Waals surface area (Å²) in [7, 11) is 4.07. The van der Waals surface area contributed by atoms with Gasteiger partial charge in [-0.15, -0.1) is 0 Å². The summed E-state index contributed by atoms with van der Waals surface area (Å²) in [6.07, 6.45) is 1.16. The van der Waals surface area contributed by atoms with Crippen molar-refractivity contribution in [3.05, 3.63) is 29.8 Å². The summed E-state index contributed by atoms with van der Waals surface area (Å²) in [5.41, 5.74) is 2.74. The maximum atomic E-state index is 3.39. The van der Waals surface area contributed by atoms with Gasteiger partial charge in [0.2, 0.25) is 0 Å². The molecule has 0 amide bonds. The predicted octanol–water partition coefficient (Wildman–Crippen LogP) is 4.64. The van der Waals surface area contributed by atoms with E-state index in [4.69, 9.17) is 0 Å². The highest BCUT2D eigenvalue weighted by Crippen LogP contribution is 2.26. The Morgan fingerprint density at radius 3 is 1.83 bits per heavy atom. The third-order valence-electron chi connectivity index (χ3n) is 4.74. The quantitative estimate of drug-likeness (QED) is 0.688. The summed E-state index contributed by atoms with van der Waals surface area (Å²) in [6.45, 7) is 16.3. The second kappa shape index (κ2) is 12.3. The maximum Gasteiger partial charge on any atom is 0.0369 e. The topological polar surface area (TPSA) is 27.3 Å². The van der Waals surface area contributed by atoms with Gasteiger partial charge in [-0.3, -0.25) is 0 Å². The van der Waals surface area contributed by atoms with Gasteiger partial charge in [0.25, 0.3) is 0 Å². The molecule has 3 unspecified atom stereocenters. The maximum absolute atomic E-state index is 3.39. The Kier molecular flexibility index (Phi) is 11.8. The van der Waals surface area contributed by atoms with E-state index in [9.17, 15) is 0 Å². The molecule has 0 spiro atoms. The minimum absolute atomic E-state index is 0.481. The zero-order valence-corrected chi connectivity index (χ0v) is 17.5. The molecule has 1 aromatic carbocycles. The SMILES string of the molecule is CC.CCC(c1ccc(N(CC(C)NC)C(C)C)cc1)C(C)NC. The average Bonchev–Trinajstić information content (AvgIpc) is 2.62. The second-order valence-electron chi connectivity index (χ2n) is 6.62. The molecule has 0 saturated heterocycles. The van der Waals surface area contributed by atoms with Crippen molar-refractivity contribution in [1.82, 2.24) is 10.6 Å². The number of hydrogen-bond donors (Lipinski definition) is 2. The smallest absolute Gasteiger partial charge is 0.0369 e. The van der Waals surface area contributed by atoms with Crippen molar-refractivity contribution in [2.24, 2.45) is 0 Å². The van der Waals surface area contributed by atoms with E-state index in [0.717, 1.165) is 13.0 Å². The molecule has 1 aromatic rings.